The highest BCUT2D eigenvalue weighted by molar-refractivity contribution is 5.46. The minimum Gasteiger partial charge on any atom is -0.508 e. The molecule has 0 aliphatic carbocycles. The molecule has 0 atom stereocenters. The molecule has 17 heavy (non-hydrogen) atoms. The van der Waals surface area contributed by atoms with Crippen LogP contribution in [0.25, 0.3) is 0 Å². The number of imidazole rings is 1. The summed E-state index contributed by atoms with van der Waals surface area (Å²) < 4.78 is 2.13. The molecule has 90 valence electrons. The molecule has 0 saturated carbocycles. The van der Waals surface area contributed by atoms with E-state index in [0.717, 1.165) is 17.9 Å². The van der Waals surface area contributed by atoms with Crippen molar-refractivity contribution >= 4 is 5.69 Å². The fourth-order valence-electron chi connectivity index (χ4n) is 1.71. The van der Waals surface area contributed by atoms with Crippen LogP contribution in [-0.4, -0.2) is 14.7 Å². The van der Waals surface area contributed by atoms with E-state index in [0.29, 0.717) is 6.04 Å². The zero-order valence-electron chi connectivity index (χ0n) is 10.1. The third-order valence-corrected chi connectivity index (χ3v) is 2.64. The van der Waals surface area contributed by atoms with Gasteiger partial charge in [-0.15, -0.1) is 0 Å². The molecule has 2 N–H and O–H groups in total. The van der Waals surface area contributed by atoms with E-state index in [1.165, 1.54) is 0 Å². The number of benzene rings is 1. The molecule has 1 heterocycles. The summed E-state index contributed by atoms with van der Waals surface area (Å²) in [4.78, 5) is 4.15. The zero-order valence-corrected chi connectivity index (χ0v) is 10.1. The number of aromatic hydroxyl groups is 1. The minimum absolute atomic E-state index is 0.280. The first-order valence-corrected chi connectivity index (χ1v) is 5.70. The summed E-state index contributed by atoms with van der Waals surface area (Å²) >= 11 is 0. The van der Waals surface area contributed by atoms with Crippen molar-refractivity contribution in [1.29, 1.82) is 0 Å². The summed E-state index contributed by atoms with van der Waals surface area (Å²) in [6.45, 7) is 4.99. The second kappa shape index (κ2) is 4.91. The molecular weight excluding hydrogens is 214 g/mol. The number of phenols is 1. The van der Waals surface area contributed by atoms with Gasteiger partial charge in [0.05, 0.1) is 18.6 Å². The quantitative estimate of drug-likeness (QED) is 0.795. The lowest BCUT2D eigenvalue weighted by Gasteiger charge is -2.12. The van der Waals surface area contributed by atoms with Crippen LogP contribution in [0, 0.1) is 0 Å². The first kappa shape index (κ1) is 11.5. The highest BCUT2D eigenvalue weighted by Crippen LogP contribution is 2.15. The molecule has 0 radical (unpaired) electrons. The van der Waals surface area contributed by atoms with E-state index in [9.17, 15) is 5.11 Å². The van der Waals surface area contributed by atoms with Crippen molar-refractivity contribution in [1.82, 2.24) is 9.55 Å². The largest absolute Gasteiger partial charge is 0.508 e. The van der Waals surface area contributed by atoms with Crippen LogP contribution in [0.5, 0.6) is 5.75 Å². The monoisotopic (exact) mass is 231 g/mol. The number of nitrogens with zero attached hydrogens (tertiary/aromatic N) is 2. The fraction of sp³-hybridized carbons (Fsp3) is 0.308. The summed E-state index contributed by atoms with van der Waals surface area (Å²) in [7, 11) is 0. The van der Waals surface area contributed by atoms with Crippen LogP contribution >= 0.6 is 0 Å². The van der Waals surface area contributed by atoms with Crippen molar-refractivity contribution in [2.45, 2.75) is 26.4 Å². The lowest BCUT2D eigenvalue weighted by atomic mass is 10.3. The van der Waals surface area contributed by atoms with Gasteiger partial charge in [-0.3, -0.25) is 0 Å². The van der Waals surface area contributed by atoms with Gasteiger partial charge in [0.25, 0.3) is 0 Å². The van der Waals surface area contributed by atoms with E-state index in [4.69, 9.17) is 0 Å². The number of hydrogen-bond donors (Lipinski definition) is 2. The fourth-order valence-corrected chi connectivity index (χ4v) is 1.71. The maximum atomic E-state index is 9.18. The van der Waals surface area contributed by atoms with Gasteiger partial charge in [0.15, 0.2) is 0 Å². The molecule has 0 fully saturated rings. The van der Waals surface area contributed by atoms with Gasteiger partial charge in [-0.25, -0.2) is 4.98 Å². The lowest BCUT2D eigenvalue weighted by molar-refractivity contribution is 0.475. The standard InChI is InChI=1S/C13H17N3O/c1-10(2)16-9-14-7-12(16)8-15-11-3-5-13(17)6-4-11/h3-7,9-10,15,17H,8H2,1-2H3. The van der Waals surface area contributed by atoms with Gasteiger partial charge in [0, 0.05) is 17.9 Å². The molecule has 4 heteroatoms. The van der Waals surface area contributed by atoms with Gasteiger partial charge >= 0.3 is 0 Å². The predicted octanol–water partition coefficient (Wildman–Crippen LogP) is 2.78. The van der Waals surface area contributed by atoms with Crippen LogP contribution in [0.3, 0.4) is 0 Å². The van der Waals surface area contributed by atoms with Crippen molar-refractivity contribution < 1.29 is 5.11 Å². The number of phenolic OH excluding ortho intramolecular Hbond substituents is 1. The van der Waals surface area contributed by atoms with Crippen molar-refractivity contribution in [3.63, 3.8) is 0 Å². The summed E-state index contributed by atoms with van der Waals surface area (Å²) in [5.41, 5.74) is 2.13. The van der Waals surface area contributed by atoms with Gasteiger partial charge in [0.1, 0.15) is 5.75 Å². The first-order chi connectivity index (χ1) is 8.16. The van der Waals surface area contributed by atoms with Crippen LogP contribution < -0.4 is 5.32 Å². The molecule has 0 amide bonds. The first-order valence-electron chi connectivity index (χ1n) is 5.70. The third kappa shape index (κ3) is 2.78. The summed E-state index contributed by atoms with van der Waals surface area (Å²) in [6.07, 6.45) is 3.71. The van der Waals surface area contributed by atoms with E-state index < -0.39 is 0 Å². The number of anilines is 1. The lowest BCUT2D eigenvalue weighted by Crippen LogP contribution is -2.08. The molecule has 4 nitrogen and oxygen atoms in total. The molecule has 2 rings (SSSR count). The maximum Gasteiger partial charge on any atom is 0.115 e. The summed E-state index contributed by atoms with van der Waals surface area (Å²) in [6, 6.07) is 7.45. The Labute approximate surface area is 101 Å². The average molecular weight is 231 g/mol. The Morgan fingerprint density at radius 3 is 2.65 bits per heavy atom. The van der Waals surface area contributed by atoms with E-state index in [2.05, 4.69) is 28.7 Å². The van der Waals surface area contributed by atoms with Crippen LogP contribution in [0.1, 0.15) is 25.6 Å². The Morgan fingerprint density at radius 2 is 2.00 bits per heavy atom. The summed E-state index contributed by atoms with van der Waals surface area (Å²) in [5, 5.41) is 12.5. The molecule has 0 aliphatic rings. The van der Waals surface area contributed by atoms with Crippen LogP contribution in [0.15, 0.2) is 36.8 Å². The third-order valence-electron chi connectivity index (χ3n) is 2.64. The van der Waals surface area contributed by atoms with Gasteiger partial charge in [-0.1, -0.05) is 0 Å². The molecule has 0 unspecified atom stereocenters. The van der Waals surface area contributed by atoms with E-state index >= 15 is 0 Å². The van der Waals surface area contributed by atoms with Crippen molar-refractivity contribution in [3.8, 4) is 5.75 Å². The molecule has 0 aliphatic heterocycles. The number of aromatic nitrogens is 2. The summed E-state index contributed by atoms with van der Waals surface area (Å²) in [5.74, 6) is 0.280. The van der Waals surface area contributed by atoms with Crippen molar-refractivity contribution in [3.05, 3.63) is 42.5 Å². The normalized spacial score (nSPS) is 10.8. The van der Waals surface area contributed by atoms with Gasteiger partial charge in [-0.05, 0) is 38.1 Å². The molecule has 0 spiro atoms. The smallest absolute Gasteiger partial charge is 0.115 e. The SMILES string of the molecule is CC(C)n1cncc1CNc1ccc(O)cc1. The molecule has 0 bridgehead atoms. The van der Waals surface area contributed by atoms with Crippen molar-refractivity contribution in [2.75, 3.05) is 5.32 Å². The maximum absolute atomic E-state index is 9.18. The molecule has 1 aromatic heterocycles. The number of rotatable bonds is 4. The second-order valence-electron chi connectivity index (χ2n) is 4.29. The average Bonchev–Trinajstić information content (AvgIpc) is 2.76. The topological polar surface area (TPSA) is 50.1 Å². The van der Waals surface area contributed by atoms with Crippen LogP contribution in [0.4, 0.5) is 5.69 Å². The van der Waals surface area contributed by atoms with Gasteiger partial charge < -0.3 is 15.0 Å². The highest BCUT2D eigenvalue weighted by Gasteiger charge is 2.04. The van der Waals surface area contributed by atoms with Gasteiger partial charge in [-0.2, -0.15) is 0 Å². The van der Waals surface area contributed by atoms with Crippen molar-refractivity contribution in [2.24, 2.45) is 0 Å². The molecule has 0 saturated heterocycles. The molecule has 2 aromatic rings. The number of hydrogen-bond acceptors (Lipinski definition) is 3. The van der Waals surface area contributed by atoms with Crippen LogP contribution in [0.2, 0.25) is 0 Å². The Morgan fingerprint density at radius 1 is 1.29 bits per heavy atom. The Bertz CT molecular complexity index is 474. The number of nitrogens with one attached hydrogen (secondary N) is 1. The van der Waals surface area contributed by atoms with E-state index in [1.54, 1.807) is 12.1 Å². The second-order valence-corrected chi connectivity index (χ2v) is 4.29. The van der Waals surface area contributed by atoms with E-state index in [1.807, 2.05) is 24.7 Å². The van der Waals surface area contributed by atoms with Gasteiger partial charge in [0.2, 0.25) is 0 Å². The molecule has 1 aromatic carbocycles. The van der Waals surface area contributed by atoms with E-state index in [-0.39, 0.29) is 5.75 Å². The molecular formula is C13H17N3O. The highest BCUT2D eigenvalue weighted by atomic mass is 16.3. The Hall–Kier alpha value is -1.97. The zero-order chi connectivity index (χ0) is 12.3. The Balaban J connectivity index is 2.02. The predicted molar refractivity (Wildman–Crippen MR) is 68.0 cm³/mol. The Kier molecular flexibility index (Phi) is 3.32. The minimum atomic E-state index is 0.280. The van der Waals surface area contributed by atoms with Crippen LogP contribution in [-0.2, 0) is 6.54 Å².